The number of hydrogen-bond donors (Lipinski definition) is 2. The maximum atomic E-state index is 14.2. The van der Waals surface area contributed by atoms with Crippen molar-refractivity contribution < 1.29 is 28.5 Å². The molecule has 0 aliphatic heterocycles. The van der Waals surface area contributed by atoms with Crippen molar-refractivity contribution in [3.8, 4) is 28.5 Å². The fourth-order valence-electron chi connectivity index (χ4n) is 3.03. The third kappa shape index (κ3) is 2.92. The summed E-state index contributed by atoms with van der Waals surface area (Å²) in [5.41, 5.74) is 1.73. The molecule has 0 unspecified atom stereocenters. The molecular weight excluding hydrogens is 341 g/mol. The zero-order valence-electron chi connectivity index (χ0n) is 14.6. The Morgan fingerprint density at radius 1 is 1.08 bits per heavy atom. The predicted molar refractivity (Wildman–Crippen MR) is 94.7 cm³/mol. The number of carboxylic acids is 1. The van der Waals surface area contributed by atoms with Crippen LogP contribution in [-0.2, 0) is 11.2 Å². The number of aromatic amines is 1. The van der Waals surface area contributed by atoms with Crippen molar-refractivity contribution in [2.75, 3.05) is 21.3 Å². The van der Waals surface area contributed by atoms with E-state index in [-0.39, 0.29) is 11.9 Å². The molecule has 3 rings (SSSR count). The first-order valence-corrected chi connectivity index (χ1v) is 7.81. The van der Waals surface area contributed by atoms with E-state index in [0.717, 1.165) is 0 Å². The summed E-state index contributed by atoms with van der Waals surface area (Å²) in [5, 5.41) is 9.82. The molecule has 0 aliphatic rings. The van der Waals surface area contributed by atoms with E-state index in [1.54, 1.807) is 24.3 Å². The minimum atomic E-state index is -1.02. The Hall–Kier alpha value is -3.22. The van der Waals surface area contributed by atoms with Crippen molar-refractivity contribution in [3.05, 3.63) is 41.7 Å². The van der Waals surface area contributed by atoms with Crippen LogP contribution in [0.1, 0.15) is 5.56 Å². The number of rotatable bonds is 6. The van der Waals surface area contributed by atoms with Crippen molar-refractivity contribution >= 4 is 16.9 Å². The second kappa shape index (κ2) is 6.95. The van der Waals surface area contributed by atoms with Gasteiger partial charge < -0.3 is 24.3 Å². The first-order chi connectivity index (χ1) is 12.5. The number of para-hydroxylation sites is 1. The van der Waals surface area contributed by atoms with Crippen LogP contribution in [0.25, 0.3) is 22.2 Å². The molecule has 6 nitrogen and oxygen atoms in total. The first-order valence-electron chi connectivity index (χ1n) is 7.81. The molecule has 0 saturated heterocycles. The highest BCUT2D eigenvalue weighted by atomic mass is 19.1. The Labute approximate surface area is 149 Å². The zero-order chi connectivity index (χ0) is 18.8. The number of aliphatic carboxylic acids is 1. The summed E-state index contributed by atoms with van der Waals surface area (Å²) in [6.45, 7) is 0. The number of carboxylic acid groups (broad SMARTS) is 1. The Morgan fingerprint density at radius 2 is 1.73 bits per heavy atom. The monoisotopic (exact) mass is 359 g/mol. The van der Waals surface area contributed by atoms with Gasteiger partial charge in [-0.15, -0.1) is 0 Å². The highest BCUT2D eigenvalue weighted by Gasteiger charge is 2.22. The maximum absolute atomic E-state index is 14.2. The van der Waals surface area contributed by atoms with Crippen LogP contribution in [0, 0.1) is 5.82 Å². The van der Waals surface area contributed by atoms with Gasteiger partial charge in [0.2, 0.25) is 0 Å². The minimum absolute atomic E-state index is 0.246. The van der Waals surface area contributed by atoms with Crippen LogP contribution >= 0.6 is 0 Å². The Bertz CT molecular complexity index is 980. The van der Waals surface area contributed by atoms with E-state index in [1.807, 2.05) is 0 Å². The molecule has 1 heterocycles. The number of benzene rings is 2. The van der Waals surface area contributed by atoms with E-state index in [9.17, 15) is 14.3 Å². The van der Waals surface area contributed by atoms with Gasteiger partial charge in [0.05, 0.1) is 39.0 Å². The van der Waals surface area contributed by atoms with Gasteiger partial charge >= 0.3 is 5.97 Å². The molecule has 0 radical (unpaired) electrons. The van der Waals surface area contributed by atoms with Gasteiger partial charge in [-0.2, -0.15) is 0 Å². The second-order valence-corrected chi connectivity index (χ2v) is 5.62. The molecule has 0 fully saturated rings. The third-order valence-electron chi connectivity index (χ3n) is 4.19. The molecule has 0 amide bonds. The molecule has 0 aliphatic carbocycles. The number of fused-ring (bicyclic) bond motifs is 1. The molecule has 1 aromatic heterocycles. The normalized spacial score (nSPS) is 10.8. The van der Waals surface area contributed by atoms with E-state index in [2.05, 4.69) is 4.98 Å². The van der Waals surface area contributed by atoms with Crippen LogP contribution in [0.2, 0.25) is 0 Å². The summed E-state index contributed by atoms with van der Waals surface area (Å²) >= 11 is 0. The highest BCUT2D eigenvalue weighted by molar-refractivity contribution is 5.95. The van der Waals surface area contributed by atoms with Crippen molar-refractivity contribution in [3.63, 3.8) is 0 Å². The standard InChI is InChI=1S/C19H18FNO5/c1-24-14-9-16(26-3)15(25-2)7-12(14)18-11(8-17(22)23)10-5-4-6-13(20)19(10)21-18/h4-7,9,21H,8H2,1-3H3,(H,22,23). The SMILES string of the molecule is COc1cc(OC)c(-c2[nH]c3c(F)cccc3c2CC(=O)O)cc1OC. The fourth-order valence-corrected chi connectivity index (χ4v) is 3.03. The number of nitrogens with one attached hydrogen (secondary N) is 1. The summed E-state index contributed by atoms with van der Waals surface area (Å²) in [7, 11) is 4.49. The number of carbonyl (C=O) groups is 1. The average molecular weight is 359 g/mol. The summed E-state index contributed by atoms with van der Waals surface area (Å²) in [6.07, 6.45) is -0.268. The second-order valence-electron chi connectivity index (χ2n) is 5.62. The number of methoxy groups -OCH3 is 3. The van der Waals surface area contributed by atoms with E-state index < -0.39 is 11.8 Å². The van der Waals surface area contributed by atoms with Crippen molar-refractivity contribution in [2.24, 2.45) is 0 Å². The van der Waals surface area contributed by atoms with Crippen LogP contribution in [0.4, 0.5) is 4.39 Å². The highest BCUT2D eigenvalue weighted by Crippen LogP contribution is 2.42. The first kappa shape index (κ1) is 17.6. The smallest absolute Gasteiger partial charge is 0.307 e. The lowest BCUT2D eigenvalue weighted by molar-refractivity contribution is -0.136. The number of hydrogen-bond acceptors (Lipinski definition) is 4. The minimum Gasteiger partial charge on any atom is -0.496 e. The lowest BCUT2D eigenvalue weighted by atomic mass is 10.0. The predicted octanol–water partition coefficient (Wildman–Crippen LogP) is 3.63. The quantitative estimate of drug-likeness (QED) is 0.702. The van der Waals surface area contributed by atoms with Gasteiger partial charge in [0.25, 0.3) is 0 Å². The third-order valence-corrected chi connectivity index (χ3v) is 4.19. The molecule has 0 spiro atoms. The molecule has 7 heteroatoms. The van der Waals surface area contributed by atoms with Crippen LogP contribution < -0.4 is 14.2 Å². The van der Waals surface area contributed by atoms with Crippen molar-refractivity contribution in [2.45, 2.75) is 6.42 Å². The van der Waals surface area contributed by atoms with Gasteiger partial charge in [0.1, 0.15) is 11.6 Å². The largest absolute Gasteiger partial charge is 0.496 e. The van der Waals surface area contributed by atoms with E-state index in [4.69, 9.17) is 14.2 Å². The van der Waals surface area contributed by atoms with Gasteiger partial charge in [0, 0.05) is 17.0 Å². The molecule has 3 aromatic rings. The molecule has 2 aromatic carbocycles. The molecule has 0 saturated carbocycles. The Morgan fingerprint density at radius 3 is 2.35 bits per heavy atom. The molecule has 26 heavy (non-hydrogen) atoms. The van der Waals surface area contributed by atoms with Crippen LogP contribution in [0.15, 0.2) is 30.3 Å². The van der Waals surface area contributed by atoms with Gasteiger partial charge in [-0.1, -0.05) is 12.1 Å². The molecular formula is C19H18FNO5. The fraction of sp³-hybridized carbons (Fsp3) is 0.211. The lowest BCUT2D eigenvalue weighted by Crippen LogP contribution is -2.02. The molecule has 2 N–H and O–H groups in total. The van der Waals surface area contributed by atoms with Crippen LogP contribution in [-0.4, -0.2) is 37.4 Å². The summed E-state index contributed by atoms with van der Waals surface area (Å²) in [6, 6.07) is 7.86. The zero-order valence-corrected chi connectivity index (χ0v) is 14.6. The van der Waals surface area contributed by atoms with E-state index in [0.29, 0.717) is 39.5 Å². The summed E-state index contributed by atoms with van der Waals surface area (Å²) < 4.78 is 30.3. The van der Waals surface area contributed by atoms with Gasteiger partial charge in [-0.05, 0) is 17.7 Å². The number of halogens is 1. The summed E-state index contributed by atoms with van der Waals surface area (Å²) in [5.74, 6) is -0.115. The number of H-pyrrole nitrogens is 1. The van der Waals surface area contributed by atoms with E-state index >= 15 is 0 Å². The Kier molecular flexibility index (Phi) is 4.71. The number of ether oxygens (including phenoxy) is 3. The van der Waals surface area contributed by atoms with Crippen molar-refractivity contribution in [1.29, 1.82) is 0 Å². The van der Waals surface area contributed by atoms with Crippen LogP contribution in [0.5, 0.6) is 17.2 Å². The topological polar surface area (TPSA) is 80.8 Å². The molecule has 136 valence electrons. The Balaban J connectivity index is 2.34. The van der Waals surface area contributed by atoms with Gasteiger partial charge in [-0.25, -0.2) is 4.39 Å². The van der Waals surface area contributed by atoms with Crippen molar-refractivity contribution in [1.82, 2.24) is 4.98 Å². The average Bonchev–Trinajstić information content (AvgIpc) is 2.99. The van der Waals surface area contributed by atoms with Gasteiger partial charge in [-0.3, -0.25) is 4.79 Å². The lowest BCUT2D eigenvalue weighted by Gasteiger charge is -2.14. The van der Waals surface area contributed by atoms with Gasteiger partial charge in [0.15, 0.2) is 11.5 Å². The number of aromatic nitrogens is 1. The maximum Gasteiger partial charge on any atom is 0.307 e. The summed E-state index contributed by atoms with van der Waals surface area (Å²) in [4.78, 5) is 14.4. The van der Waals surface area contributed by atoms with E-state index in [1.165, 1.54) is 27.4 Å². The van der Waals surface area contributed by atoms with Crippen LogP contribution in [0.3, 0.4) is 0 Å². The molecule has 0 atom stereocenters. The molecule has 0 bridgehead atoms.